The van der Waals surface area contributed by atoms with Gasteiger partial charge in [-0.1, -0.05) is 38.1 Å². The number of nitrogens with one attached hydrogen (secondary N) is 2. The summed E-state index contributed by atoms with van der Waals surface area (Å²) >= 11 is 0. The summed E-state index contributed by atoms with van der Waals surface area (Å²) in [5.41, 5.74) is 2.61. The summed E-state index contributed by atoms with van der Waals surface area (Å²) in [6, 6.07) is 8.91. The number of rotatable bonds is 7. The number of nitrogens with zero attached hydrogens (tertiary/aromatic N) is 4. The van der Waals surface area contributed by atoms with Crippen LogP contribution in [0.4, 0.5) is 0 Å². The lowest BCUT2D eigenvalue weighted by molar-refractivity contribution is 0.620. The first-order valence-electron chi connectivity index (χ1n) is 8.60. The van der Waals surface area contributed by atoms with Crippen molar-refractivity contribution in [2.24, 2.45) is 4.99 Å². The minimum Gasteiger partial charge on any atom is -0.355 e. The Morgan fingerprint density at radius 2 is 1.96 bits per heavy atom. The molecule has 6 heteroatoms. The van der Waals surface area contributed by atoms with E-state index < -0.39 is 0 Å². The third kappa shape index (κ3) is 4.81. The van der Waals surface area contributed by atoms with E-state index in [9.17, 15) is 0 Å². The molecule has 1 heterocycles. The maximum absolute atomic E-state index is 4.30. The maximum Gasteiger partial charge on any atom is 0.191 e. The second-order valence-electron chi connectivity index (χ2n) is 5.75. The number of benzene rings is 1. The van der Waals surface area contributed by atoms with Gasteiger partial charge in [0.2, 0.25) is 0 Å². The van der Waals surface area contributed by atoms with Crippen LogP contribution in [0.2, 0.25) is 0 Å². The molecule has 2 rings (SSSR count). The van der Waals surface area contributed by atoms with Crippen molar-refractivity contribution < 1.29 is 0 Å². The molecule has 0 saturated carbocycles. The first-order chi connectivity index (χ1) is 11.7. The molecule has 0 aliphatic heterocycles. The molecule has 0 amide bonds. The highest BCUT2D eigenvalue weighted by Gasteiger charge is 2.08. The molecule has 2 aromatic rings. The normalized spacial score (nSPS) is 12.9. The van der Waals surface area contributed by atoms with Crippen LogP contribution in [0.3, 0.4) is 0 Å². The summed E-state index contributed by atoms with van der Waals surface area (Å²) in [6.07, 6.45) is 3.72. The highest BCUT2D eigenvalue weighted by Crippen LogP contribution is 2.13. The van der Waals surface area contributed by atoms with Crippen molar-refractivity contribution >= 4 is 5.96 Å². The number of aromatic nitrogens is 3. The monoisotopic (exact) mass is 328 g/mol. The molecule has 1 aromatic heterocycles. The van der Waals surface area contributed by atoms with E-state index in [1.54, 1.807) is 13.4 Å². The van der Waals surface area contributed by atoms with E-state index in [-0.39, 0.29) is 6.04 Å². The summed E-state index contributed by atoms with van der Waals surface area (Å²) in [5.74, 6) is 1.80. The van der Waals surface area contributed by atoms with Crippen LogP contribution in [-0.2, 0) is 19.4 Å². The lowest BCUT2D eigenvalue weighted by atomic mass is 10.1. The van der Waals surface area contributed by atoms with E-state index in [0.29, 0.717) is 0 Å². The van der Waals surface area contributed by atoms with Crippen LogP contribution >= 0.6 is 0 Å². The average molecular weight is 328 g/mol. The standard InChI is InChI=1S/C18H28N6/c1-5-15-7-9-16(10-8-15)14(3)22-18(19-4)20-11-12-24-13-21-23-17(24)6-2/h7-10,13-14H,5-6,11-12H2,1-4H3,(H2,19,20,22). The van der Waals surface area contributed by atoms with Crippen LogP contribution in [0.15, 0.2) is 35.6 Å². The van der Waals surface area contributed by atoms with Crippen molar-refractivity contribution in [3.8, 4) is 0 Å². The van der Waals surface area contributed by atoms with Crippen LogP contribution in [0.1, 0.15) is 43.8 Å². The molecule has 0 saturated heterocycles. The van der Waals surface area contributed by atoms with Crippen LogP contribution in [0, 0.1) is 0 Å². The Morgan fingerprint density at radius 1 is 1.21 bits per heavy atom. The molecule has 24 heavy (non-hydrogen) atoms. The minimum atomic E-state index is 0.197. The van der Waals surface area contributed by atoms with Gasteiger partial charge in [0.15, 0.2) is 5.96 Å². The van der Waals surface area contributed by atoms with Crippen LogP contribution in [0.5, 0.6) is 0 Å². The Hall–Kier alpha value is -2.37. The summed E-state index contributed by atoms with van der Waals surface area (Å²) in [5, 5.41) is 14.8. The van der Waals surface area contributed by atoms with Gasteiger partial charge < -0.3 is 15.2 Å². The highest BCUT2D eigenvalue weighted by atomic mass is 15.3. The second-order valence-corrected chi connectivity index (χ2v) is 5.75. The molecular formula is C18H28N6. The van der Waals surface area contributed by atoms with Crippen molar-refractivity contribution in [3.63, 3.8) is 0 Å². The van der Waals surface area contributed by atoms with Crippen molar-refractivity contribution in [2.75, 3.05) is 13.6 Å². The van der Waals surface area contributed by atoms with E-state index in [2.05, 4.69) is 75.4 Å². The summed E-state index contributed by atoms with van der Waals surface area (Å²) in [4.78, 5) is 4.30. The van der Waals surface area contributed by atoms with Crippen molar-refractivity contribution in [1.82, 2.24) is 25.4 Å². The Balaban J connectivity index is 1.85. The molecule has 0 spiro atoms. The molecule has 6 nitrogen and oxygen atoms in total. The highest BCUT2D eigenvalue weighted by molar-refractivity contribution is 5.80. The number of hydrogen-bond acceptors (Lipinski definition) is 3. The zero-order chi connectivity index (χ0) is 17.4. The molecule has 1 unspecified atom stereocenters. The third-order valence-electron chi connectivity index (χ3n) is 4.12. The van der Waals surface area contributed by atoms with Crippen LogP contribution < -0.4 is 10.6 Å². The van der Waals surface area contributed by atoms with Gasteiger partial charge in [0.05, 0.1) is 6.04 Å². The van der Waals surface area contributed by atoms with Crippen molar-refractivity contribution in [1.29, 1.82) is 0 Å². The lowest BCUT2D eigenvalue weighted by Gasteiger charge is -2.19. The quantitative estimate of drug-likeness (QED) is 0.605. The van der Waals surface area contributed by atoms with Gasteiger partial charge in [0.1, 0.15) is 12.2 Å². The molecule has 130 valence electrons. The Morgan fingerprint density at radius 3 is 2.58 bits per heavy atom. The molecule has 1 atom stereocenters. The molecule has 2 N–H and O–H groups in total. The fourth-order valence-electron chi connectivity index (χ4n) is 2.56. The second kappa shape index (κ2) is 9.05. The van der Waals surface area contributed by atoms with Gasteiger partial charge in [-0.15, -0.1) is 10.2 Å². The van der Waals surface area contributed by atoms with Crippen molar-refractivity contribution in [2.45, 2.75) is 46.2 Å². The third-order valence-corrected chi connectivity index (χ3v) is 4.12. The van der Waals surface area contributed by atoms with Crippen molar-refractivity contribution in [3.05, 3.63) is 47.5 Å². The number of guanidine groups is 1. The van der Waals surface area contributed by atoms with E-state index >= 15 is 0 Å². The smallest absolute Gasteiger partial charge is 0.191 e. The Kier molecular flexibility index (Phi) is 6.78. The van der Waals surface area contributed by atoms with Crippen LogP contribution in [0.25, 0.3) is 0 Å². The zero-order valence-corrected chi connectivity index (χ0v) is 15.1. The Labute approximate surface area is 144 Å². The fraction of sp³-hybridized carbons (Fsp3) is 0.500. The van der Waals surface area contributed by atoms with E-state index in [0.717, 1.165) is 37.7 Å². The molecule has 0 aliphatic carbocycles. The molecular weight excluding hydrogens is 300 g/mol. The number of aryl methyl sites for hydroxylation is 2. The topological polar surface area (TPSA) is 67.1 Å². The van der Waals surface area contributed by atoms with Gasteiger partial charge in [-0.25, -0.2) is 0 Å². The van der Waals surface area contributed by atoms with Gasteiger partial charge in [0.25, 0.3) is 0 Å². The fourth-order valence-corrected chi connectivity index (χ4v) is 2.56. The number of aliphatic imine (C=N–C) groups is 1. The number of hydrogen-bond donors (Lipinski definition) is 2. The maximum atomic E-state index is 4.30. The van der Waals surface area contributed by atoms with Gasteiger partial charge >= 0.3 is 0 Å². The SMILES string of the molecule is CCc1ccc(C(C)NC(=NC)NCCn2cnnc2CC)cc1. The molecule has 0 fully saturated rings. The summed E-state index contributed by atoms with van der Waals surface area (Å²) < 4.78 is 2.06. The Bertz CT molecular complexity index is 644. The van der Waals surface area contributed by atoms with Gasteiger partial charge in [-0.2, -0.15) is 0 Å². The first-order valence-corrected chi connectivity index (χ1v) is 8.60. The molecule has 1 aromatic carbocycles. The average Bonchev–Trinajstić information content (AvgIpc) is 3.08. The van der Waals surface area contributed by atoms with E-state index in [1.165, 1.54) is 11.1 Å². The zero-order valence-electron chi connectivity index (χ0n) is 15.1. The minimum absolute atomic E-state index is 0.197. The van der Waals surface area contributed by atoms with Gasteiger partial charge in [-0.05, 0) is 24.5 Å². The lowest BCUT2D eigenvalue weighted by Crippen LogP contribution is -2.40. The molecule has 0 radical (unpaired) electrons. The van der Waals surface area contributed by atoms with Gasteiger partial charge in [-0.3, -0.25) is 4.99 Å². The first kappa shape index (κ1) is 18.0. The van der Waals surface area contributed by atoms with E-state index in [4.69, 9.17) is 0 Å². The molecule has 0 aliphatic rings. The summed E-state index contributed by atoms with van der Waals surface area (Å²) in [6.45, 7) is 7.98. The molecule has 0 bridgehead atoms. The largest absolute Gasteiger partial charge is 0.355 e. The van der Waals surface area contributed by atoms with Gasteiger partial charge in [0, 0.05) is 26.6 Å². The van der Waals surface area contributed by atoms with E-state index in [1.807, 2.05) is 0 Å². The van der Waals surface area contributed by atoms with Crippen LogP contribution in [-0.4, -0.2) is 34.3 Å². The predicted molar refractivity (Wildman–Crippen MR) is 98.1 cm³/mol. The summed E-state index contributed by atoms with van der Waals surface area (Å²) in [7, 11) is 1.79. The predicted octanol–water partition coefficient (Wildman–Crippen LogP) is 2.33.